The lowest BCUT2D eigenvalue weighted by molar-refractivity contribution is -0.126. The van der Waals surface area contributed by atoms with Crippen molar-refractivity contribution < 1.29 is 14.0 Å². The molecule has 1 aliphatic heterocycles. The normalized spacial score (nSPS) is 17.8. The number of nitrogens with zero attached hydrogens (tertiary/aromatic N) is 1. The molecule has 1 fully saturated rings. The first-order valence-electron chi connectivity index (χ1n) is 9.41. The van der Waals surface area contributed by atoms with Crippen LogP contribution in [0.3, 0.4) is 0 Å². The minimum absolute atomic E-state index is 0.0207. The van der Waals surface area contributed by atoms with E-state index in [1.165, 1.54) is 12.1 Å². The number of rotatable bonds is 6. The Kier molecular flexibility index (Phi) is 5.89. The van der Waals surface area contributed by atoms with Crippen LogP contribution in [-0.4, -0.2) is 18.4 Å². The topological polar surface area (TPSA) is 49.4 Å². The number of benzene rings is 2. The SMILES string of the molecule is CC[C@@H](C)c1ccccc1N1C[C@H](C(=O)NCc2ccc(F)cc2)CC1=O. The molecule has 0 unspecified atom stereocenters. The second kappa shape index (κ2) is 8.33. The van der Waals surface area contributed by atoms with Gasteiger partial charge in [-0.3, -0.25) is 9.59 Å². The molecular weight excluding hydrogens is 343 g/mol. The van der Waals surface area contributed by atoms with Gasteiger partial charge in [-0.05, 0) is 41.7 Å². The van der Waals surface area contributed by atoms with Crippen LogP contribution in [0.5, 0.6) is 0 Å². The van der Waals surface area contributed by atoms with Crippen LogP contribution in [0, 0.1) is 11.7 Å². The number of halogens is 1. The van der Waals surface area contributed by atoms with Crippen LogP contribution in [0.15, 0.2) is 48.5 Å². The zero-order valence-corrected chi connectivity index (χ0v) is 15.7. The molecule has 0 radical (unpaired) electrons. The summed E-state index contributed by atoms with van der Waals surface area (Å²) < 4.78 is 13.0. The van der Waals surface area contributed by atoms with E-state index in [4.69, 9.17) is 0 Å². The van der Waals surface area contributed by atoms with E-state index in [2.05, 4.69) is 25.2 Å². The third kappa shape index (κ3) is 4.35. The van der Waals surface area contributed by atoms with Gasteiger partial charge < -0.3 is 10.2 Å². The van der Waals surface area contributed by atoms with Gasteiger partial charge in [-0.2, -0.15) is 0 Å². The fraction of sp³-hybridized carbons (Fsp3) is 0.364. The first-order valence-corrected chi connectivity index (χ1v) is 9.41. The second-order valence-corrected chi connectivity index (χ2v) is 7.12. The molecule has 2 atom stereocenters. The fourth-order valence-corrected chi connectivity index (χ4v) is 3.42. The molecular formula is C22H25FN2O2. The van der Waals surface area contributed by atoms with Crippen LogP contribution in [0.25, 0.3) is 0 Å². The molecule has 0 bridgehead atoms. The summed E-state index contributed by atoms with van der Waals surface area (Å²) >= 11 is 0. The summed E-state index contributed by atoms with van der Waals surface area (Å²) in [7, 11) is 0. The quantitative estimate of drug-likeness (QED) is 0.838. The first-order chi connectivity index (χ1) is 13.0. The molecule has 142 valence electrons. The summed E-state index contributed by atoms with van der Waals surface area (Å²) in [5.41, 5.74) is 2.87. The van der Waals surface area contributed by atoms with Crippen molar-refractivity contribution in [2.45, 2.75) is 39.2 Å². The highest BCUT2D eigenvalue weighted by atomic mass is 19.1. The highest BCUT2D eigenvalue weighted by Crippen LogP contribution is 2.33. The number of hydrogen-bond acceptors (Lipinski definition) is 2. The van der Waals surface area contributed by atoms with Crippen molar-refractivity contribution in [1.29, 1.82) is 0 Å². The minimum Gasteiger partial charge on any atom is -0.352 e. The van der Waals surface area contributed by atoms with Crippen molar-refractivity contribution in [1.82, 2.24) is 5.32 Å². The van der Waals surface area contributed by atoms with Crippen molar-refractivity contribution in [3.8, 4) is 0 Å². The molecule has 0 spiro atoms. The summed E-state index contributed by atoms with van der Waals surface area (Å²) in [4.78, 5) is 26.8. The van der Waals surface area contributed by atoms with E-state index in [0.717, 1.165) is 23.2 Å². The van der Waals surface area contributed by atoms with Crippen LogP contribution >= 0.6 is 0 Å². The Morgan fingerprint density at radius 1 is 1.22 bits per heavy atom. The lowest BCUT2D eigenvalue weighted by atomic mass is 9.96. The molecule has 2 amide bonds. The van der Waals surface area contributed by atoms with Crippen LogP contribution in [-0.2, 0) is 16.1 Å². The predicted octanol–water partition coefficient (Wildman–Crippen LogP) is 4.01. The average molecular weight is 368 g/mol. The number of carbonyl (C=O) groups is 2. The van der Waals surface area contributed by atoms with E-state index in [9.17, 15) is 14.0 Å². The Labute approximate surface area is 159 Å². The van der Waals surface area contributed by atoms with E-state index in [1.54, 1.807) is 17.0 Å². The summed E-state index contributed by atoms with van der Waals surface area (Å²) in [5, 5.41) is 2.86. The molecule has 1 saturated heterocycles. The molecule has 1 aliphatic rings. The number of amides is 2. The Hall–Kier alpha value is -2.69. The Morgan fingerprint density at radius 2 is 1.93 bits per heavy atom. The molecule has 4 nitrogen and oxygen atoms in total. The third-order valence-electron chi connectivity index (χ3n) is 5.25. The van der Waals surface area contributed by atoms with Crippen LogP contribution in [0.2, 0.25) is 0 Å². The first kappa shape index (κ1) is 19.1. The molecule has 1 N–H and O–H groups in total. The van der Waals surface area contributed by atoms with Gasteiger partial charge in [-0.25, -0.2) is 4.39 Å². The second-order valence-electron chi connectivity index (χ2n) is 7.12. The molecule has 2 aromatic carbocycles. The van der Waals surface area contributed by atoms with Gasteiger partial charge in [-0.1, -0.05) is 44.2 Å². The van der Waals surface area contributed by atoms with E-state index >= 15 is 0 Å². The summed E-state index contributed by atoms with van der Waals surface area (Å²) in [6.07, 6.45) is 1.20. The van der Waals surface area contributed by atoms with Crippen LogP contribution < -0.4 is 10.2 Å². The monoisotopic (exact) mass is 368 g/mol. The van der Waals surface area contributed by atoms with E-state index in [1.807, 2.05) is 18.2 Å². The molecule has 5 heteroatoms. The highest BCUT2D eigenvalue weighted by molar-refractivity contribution is 6.00. The molecule has 2 aromatic rings. The maximum absolute atomic E-state index is 13.0. The molecule has 1 heterocycles. The summed E-state index contributed by atoms with van der Waals surface area (Å²) in [5.74, 6) is -0.491. The standard InChI is InChI=1S/C22H25FN2O2/c1-3-15(2)19-6-4-5-7-20(19)25-14-17(12-21(25)26)22(27)24-13-16-8-10-18(23)11-9-16/h4-11,15,17H,3,12-14H2,1-2H3,(H,24,27)/t15-,17-/m1/s1. The minimum atomic E-state index is -0.372. The zero-order valence-electron chi connectivity index (χ0n) is 15.7. The summed E-state index contributed by atoms with van der Waals surface area (Å²) in [6.45, 7) is 4.99. The van der Waals surface area contributed by atoms with Crippen molar-refractivity contribution in [2.24, 2.45) is 5.92 Å². The van der Waals surface area contributed by atoms with Crippen molar-refractivity contribution in [2.75, 3.05) is 11.4 Å². The van der Waals surface area contributed by atoms with Crippen LogP contribution in [0.1, 0.15) is 43.7 Å². The number of para-hydroxylation sites is 1. The fourth-order valence-electron chi connectivity index (χ4n) is 3.42. The average Bonchev–Trinajstić information content (AvgIpc) is 3.08. The highest BCUT2D eigenvalue weighted by Gasteiger charge is 2.36. The van der Waals surface area contributed by atoms with Crippen LogP contribution in [0.4, 0.5) is 10.1 Å². The maximum atomic E-state index is 13.0. The molecule has 27 heavy (non-hydrogen) atoms. The lowest BCUT2D eigenvalue weighted by Crippen LogP contribution is -2.33. The van der Waals surface area contributed by atoms with Gasteiger partial charge in [0.15, 0.2) is 0 Å². The van der Waals surface area contributed by atoms with Gasteiger partial charge in [0, 0.05) is 25.2 Å². The maximum Gasteiger partial charge on any atom is 0.227 e. The Balaban J connectivity index is 1.67. The Bertz CT molecular complexity index is 819. The number of anilines is 1. The van der Waals surface area contributed by atoms with Gasteiger partial charge in [0.25, 0.3) is 0 Å². The van der Waals surface area contributed by atoms with Gasteiger partial charge in [0.1, 0.15) is 5.82 Å². The number of carbonyl (C=O) groups excluding carboxylic acids is 2. The van der Waals surface area contributed by atoms with E-state index in [-0.39, 0.29) is 30.0 Å². The largest absolute Gasteiger partial charge is 0.352 e. The van der Waals surface area contributed by atoms with Crippen molar-refractivity contribution in [3.05, 3.63) is 65.5 Å². The zero-order chi connectivity index (χ0) is 19.4. The van der Waals surface area contributed by atoms with Gasteiger partial charge in [-0.15, -0.1) is 0 Å². The predicted molar refractivity (Wildman–Crippen MR) is 104 cm³/mol. The van der Waals surface area contributed by atoms with Crippen molar-refractivity contribution >= 4 is 17.5 Å². The molecule has 0 saturated carbocycles. The molecule has 3 rings (SSSR count). The molecule has 0 aliphatic carbocycles. The van der Waals surface area contributed by atoms with Gasteiger partial charge in [0.05, 0.1) is 5.92 Å². The van der Waals surface area contributed by atoms with Gasteiger partial charge >= 0.3 is 0 Å². The lowest BCUT2D eigenvalue weighted by Gasteiger charge is -2.23. The third-order valence-corrected chi connectivity index (χ3v) is 5.25. The molecule has 0 aromatic heterocycles. The smallest absolute Gasteiger partial charge is 0.227 e. The number of hydrogen-bond donors (Lipinski definition) is 1. The van der Waals surface area contributed by atoms with Crippen molar-refractivity contribution in [3.63, 3.8) is 0 Å². The number of nitrogens with one attached hydrogen (secondary N) is 1. The van der Waals surface area contributed by atoms with E-state index in [0.29, 0.717) is 19.0 Å². The Morgan fingerprint density at radius 3 is 2.63 bits per heavy atom. The van der Waals surface area contributed by atoms with Gasteiger partial charge in [0.2, 0.25) is 11.8 Å². The van der Waals surface area contributed by atoms with E-state index < -0.39 is 0 Å². The summed E-state index contributed by atoms with van der Waals surface area (Å²) in [6, 6.07) is 13.9.